The first kappa shape index (κ1) is 23.6. The second-order valence-corrected chi connectivity index (χ2v) is 7.59. The van der Waals surface area contributed by atoms with Gasteiger partial charge in [-0.25, -0.2) is 13.1 Å². The van der Waals surface area contributed by atoms with Crippen LogP contribution in [0.2, 0.25) is 0 Å². The molecule has 154 valence electrons. The minimum Gasteiger partial charge on any atom is -0.314 e. The summed E-state index contributed by atoms with van der Waals surface area (Å²) in [5.74, 6) is 0. The zero-order valence-electron chi connectivity index (χ0n) is 14.3. The lowest BCUT2D eigenvalue weighted by Crippen LogP contribution is -2.57. The maximum absolute atomic E-state index is 13.3. The van der Waals surface area contributed by atoms with Gasteiger partial charge in [-0.3, -0.25) is 15.0 Å². The van der Waals surface area contributed by atoms with Gasteiger partial charge in [0.25, 0.3) is 5.69 Å². The standard InChI is InChI=1S/C14H19F3N4O4S.ClH/c1-10-11(21(22)23)3-2-4-12(10)26(24,25)19-9-13(14(15,16)17)20-7-5-18-6-8-20;/h2-4,13,18-19H,5-9H2,1H3;1H. The third kappa shape index (κ3) is 5.75. The molecule has 0 spiro atoms. The summed E-state index contributed by atoms with van der Waals surface area (Å²) in [4.78, 5) is 10.9. The summed E-state index contributed by atoms with van der Waals surface area (Å²) < 4.78 is 66.8. The summed E-state index contributed by atoms with van der Waals surface area (Å²) in [6.45, 7) is 1.41. The van der Waals surface area contributed by atoms with E-state index < -0.39 is 44.3 Å². The van der Waals surface area contributed by atoms with Crippen LogP contribution in [0.15, 0.2) is 23.1 Å². The van der Waals surface area contributed by atoms with E-state index in [0.29, 0.717) is 13.1 Å². The third-order valence-corrected chi connectivity index (χ3v) is 5.75. The Bertz CT molecular complexity index is 770. The summed E-state index contributed by atoms with van der Waals surface area (Å²) in [5, 5.41) is 13.9. The number of hydrogen-bond acceptors (Lipinski definition) is 6. The molecule has 1 unspecified atom stereocenters. The molecule has 1 atom stereocenters. The Kier molecular flexibility index (Phi) is 7.99. The average Bonchev–Trinajstić information content (AvgIpc) is 2.54. The summed E-state index contributed by atoms with van der Waals surface area (Å²) in [7, 11) is -4.34. The molecule has 1 fully saturated rings. The number of alkyl halides is 3. The van der Waals surface area contributed by atoms with Gasteiger partial charge in [-0.05, 0) is 13.0 Å². The first-order valence-corrected chi connectivity index (χ1v) is 9.27. The van der Waals surface area contributed by atoms with Crippen molar-refractivity contribution in [3.05, 3.63) is 33.9 Å². The van der Waals surface area contributed by atoms with Crippen molar-refractivity contribution < 1.29 is 26.5 Å². The monoisotopic (exact) mass is 432 g/mol. The van der Waals surface area contributed by atoms with Crippen molar-refractivity contribution in [2.75, 3.05) is 32.7 Å². The lowest BCUT2D eigenvalue weighted by molar-refractivity contribution is -0.385. The number of benzene rings is 1. The van der Waals surface area contributed by atoms with E-state index in [-0.39, 0.29) is 31.1 Å². The summed E-state index contributed by atoms with van der Waals surface area (Å²) >= 11 is 0. The molecular weight excluding hydrogens is 413 g/mol. The lowest BCUT2D eigenvalue weighted by atomic mass is 10.2. The smallest absolute Gasteiger partial charge is 0.314 e. The minimum atomic E-state index is -4.61. The van der Waals surface area contributed by atoms with Gasteiger partial charge in [-0.15, -0.1) is 12.4 Å². The average molecular weight is 433 g/mol. The fraction of sp³-hybridized carbons (Fsp3) is 0.571. The van der Waals surface area contributed by atoms with Gasteiger partial charge in [-0.1, -0.05) is 6.07 Å². The fourth-order valence-corrected chi connectivity index (χ4v) is 4.10. The van der Waals surface area contributed by atoms with Crippen LogP contribution >= 0.6 is 12.4 Å². The number of nitrogens with one attached hydrogen (secondary N) is 2. The molecule has 0 saturated carbocycles. The fourth-order valence-electron chi connectivity index (χ4n) is 2.80. The lowest BCUT2D eigenvalue weighted by Gasteiger charge is -2.35. The summed E-state index contributed by atoms with van der Waals surface area (Å²) in [6, 6.07) is 1.46. The van der Waals surface area contributed by atoms with Gasteiger partial charge in [0.1, 0.15) is 6.04 Å². The second-order valence-electron chi connectivity index (χ2n) is 5.85. The zero-order chi connectivity index (χ0) is 19.5. The number of sulfonamides is 1. The first-order valence-electron chi connectivity index (χ1n) is 7.79. The predicted molar refractivity (Wildman–Crippen MR) is 94.6 cm³/mol. The predicted octanol–water partition coefficient (Wildman–Crippen LogP) is 1.44. The van der Waals surface area contributed by atoms with E-state index in [1.54, 1.807) is 0 Å². The van der Waals surface area contributed by atoms with Crippen molar-refractivity contribution in [2.45, 2.75) is 24.0 Å². The largest absolute Gasteiger partial charge is 0.405 e. The topological polar surface area (TPSA) is 105 Å². The van der Waals surface area contributed by atoms with Crippen LogP contribution in [0, 0.1) is 17.0 Å². The molecule has 0 amide bonds. The van der Waals surface area contributed by atoms with E-state index in [1.807, 2.05) is 4.72 Å². The van der Waals surface area contributed by atoms with Crippen LogP contribution in [0.5, 0.6) is 0 Å². The van der Waals surface area contributed by atoms with E-state index in [9.17, 15) is 31.7 Å². The molecule has 13 heteroatoms. The van der Waals surface area contributed by atoms with Gasteiger partial charge < -0.3 is 5.32 Å². The van der Waals surface area contributed by atoms with Gasteiger partial charge in [0.2, 0.25) is 10.0 Å². The maximum atomic E-state index is 13.3. The minimum absolute atomic E-state index is 0. The molecule has 27 heavy (non-hydrogen) atoms. The van der Waals surface area contributed by atoms with Gasteiger partial charge >= 0.3 is 6.18 Å². The summed E-state index contributed by atoms with van der Waals surface area (Å²) in [5.41, 5.74) is -0.543. The molecule has 0 radical (unpaired) electrons. The van der Waals surface area contributed by atoms with Crippen LogP contribution in [0.25, 0.3) is 0 Å². The van der Waals surface area contributed by atoms with Crippen molar-refractivity contribution in [1.29, 1.82) is 0 Å². The zero-order valence-corrected chi connectivity index (χ0v) is 16.0. The normalized spacial score (nSPS) is 17.2. The molecule has 0 aromatic heterocycles. The van der Waals surface area contributed by atoms with Crippen molar-refractivity contribution in [3.8, 4) is 0 Å². The molecule has 1 aliphatic heterocycles. The number of halogens is 4. The highest BCUT2D eigenvalue weighted by molar-refractivity contribution is 7.89. The third-order valence-electron chi connectivity index (χ3n) is 4.18. The quantitative estimate of drug-likeness (QED) is 0.520. The van der Waals surface area contributed by atoms with Crippen molar-refractivity contribution in [3.63, 3.8) is 0 Å². The van der Waals surface area contributed by atoms with Crippen LogP contribution in [0.4, 0.5) is 18.9 Å². The molecule has 2 rings (SSSR count). The molecule has 0 aliphatic carbocycles. The summed E-state index contributed by atoms with van der Waals surface area (Å²) in [6.07, 6.45) is -4.61. The van der Waals surface area contributed by atoms with E-state index in [0.717, 1.165) is 12.1 Å². The van der Waals surface area contributed by atoms with Crippen LogP contribution in [0.1, 0.15) is 5.56 Å². The van der Waals surface area contributed by atoms with E-state index in [2.05, 4.69) is 5.32 Å². The number of nitrogens with zero attached hydrogens (tertiary/aromatic N) is 2. The van der Waals surface area contributed by atoms with Crippen LogP contribution in [-0.4, -0.2) is 63.2 Å². The molecular formula is C14H20ClF3N4O4S. The Labute approximate surface area is 160 Å². The molecule has 1 aromatic carbocycles. The van der Waals surface area contributed by atoms with Crippen LogP contribution in [0.3, 0.4) is 0 Å². The van der Waals surface area contributed by atoms with Crippen molar-refractivity contribution >= 4 is 28.1 Å². The van der Waals surface area contributed by atoms with Gasteiger partial charge in [-0.2, -0.15) is 13.2 Å². The SMILES string of the molecule is Cc1c([N+](=O)[O-])cccc1S(=O)(=O)NCC(N1CCNCC1)C(F)(F)F.Cl. The Morgan fingerprint density at radius 1 is 1.33 bits per heavy atom. The molecule has 8 nitrogen and oxygen atoms in total. The maximum Gasteiger partial charge on any atom is 0.405 e. The van der Waals surface area contributed by atoms with E-state index in [4.69, 9.17) is 0 Å². The van der Waals surface area contributed by atoms with Crippen molar-refractivity contribution in [2.24, 2.45) is 0 Å². The van der Waals surface area contributed by atoms with E-state index in [1.165, 1.54) is 17.9 Å². The van der Waals surface area contributed by atoms with Gasteiger partial charge in [0.15, 0.2) is 0 Å². The molecule has 0 bridgehead atoms. The number of hydrogen-bond donors (Lipinski definition) is 2. The number of piperazine rings is 1. The highest BCUT2D eigenvalue weighted by Crippen LogP contribution is 2.27. The van der Waals surface area contributed by atoms with Gasteiger partial charge in [0, 0.05) is 44.4 Å². The Hall–Kier alpha value is -1.47. The van der Waals surface area contributed by atoms with Crippen LogP contribution in [-0.2, 0) is 10.0 Å². The Morgan fingerprint density at radius 2 is 1.93 bits per heavy atom. The van der Waals surface area contributed by atoms with Crippen LogP contribution < -0.4 is 10.0 Å². The number of nitro groups is 1. The molecule has 1 aliphatic rings. The Balaban J connectivity index is 0.00000364. The van der Waals surface area contributed by atoms with Gasteiger partial charge in [0.05, 0.1) is 9.82 Å². The van der Waals surface area contributed by atoms with E-state index >= 15 is 0 Å². The number of rotatable bonds is 6. The highest BCUT2D eigenvalue weighted by Gasteiger charge is 2.44. The first-order chi connectivity index (χ1) is 12.0. The van der Waals surface area contributed by atoms with Crippen molar-refractivity contribution in [1.82, 2.24) is 14.9 Å². The second kappa shape index (κ2) is 9.15. The molecule has 2 N–H and O–H groups in total. The molecule has 1 aromatic rings. The molecule has 1 saturated heterocycles. The molecule has 1 heterocycles. The number of nitro benzene ring substituents is 1. The highest BCUT2D eigenvalue weighted by atomic mass is 35.5. The Morgan fingerprint density at radius 3 is 2.44 bits per heavy atom.